The molecule has 2 N–H and O–H groups in total. The average Bonchev–Trinajstić information content (AvgIpc) is 3.16. The highest BCUT2D eigenvalue weighted by Gasteiger charge is 2.17. The van der Waals surface area contributed by atoms with Gasteiger partial charge in [0.05, 0.1) is 25.0 Å². The van der Waals surface area contributed by atoms with Gasteiger partial charge in [-0.15, -0.1) is 10.2 Å². The number of methoxy groups -OCH3 is 1. The number of hydrogen-bond donors (Lipinski definition) is 2. The van der Waals surface area contributed by atoms with E-state index in [4.69, 9.17) is 4.74 Å². The van der Waals surface area contributed by atoms with Crippen molar-refractivity contribution in [3.8, 4) is 5.75 Å². The molecule has 8 nitrogen and oxygen atoms in total. The third kappa shape index (κ3) is 5.67. The molecular formula is C23H27N5O3S. The fourth-order valence-electron chi connectivity index (χ4n) is 3.28. The number of nitrogens with one attached hydrogen (secondary N) is 2. The van der Waals surface area contributed by atoms with Crippen LogP contribution < -0.4 is 15.4 Å². The number of anilines is 2. The summed E-state index contributed by atoms with van der Waals surface area (Å²) in [4.78, 5) is 25.0. The van der Waals surface area contributed by atoms with Crippen LogP contribution in [0.4, 0.5) is 11.4 Å². The number of ether oxygens (including phenoxy) is 1. The number of benzene rings is 2. The Morgan fingerprint density at radius 1 is 1.00 bits per heavy atom. The second-order valence-corrected chi connectivity index (χ2v) is 8.11. The largest absolute Gasteiger partial charge is 0.495 e. The predicted octanol–water partition coefficient (Wildman–Crippen LogP) is 3.84. The van der Waals surface area contributed by atoms with E-state index < -0.39 is 0 Å². The molecule has 32 heavy (non-hydrogen) atoms. The van der Waals surface area contributed by atoms with Crippen LogP contribution in [0.25, 0.3) is 0 Å². The molecule has 168 valence electrons. The van der Waals surface area contributed by atoms with Gasteiger partial charge in [-0.2, -0.15) is 0 Å². The SMILES string of the molecule is CCn1c(CC(=O)Nc2ccccc2OC)nnc1SCC(=O)Nc1c(C)cccc1C. The van der Waals surface area contributed by atoms with Crippen LogP contribution in [-0.4, -0.2) is 39.4 Å². The molecule has 0 aliphatic carbocycles. The molecule has 1 aromatic heterocycles. The van der Waals surface area contributed by atoms with E-state index in [1.807, 2.05) is 55.7 Å². The molecular weight excluding hydrogens is 426 g/mol. The summed E-state index contributed by atoms with van der Waals surface area (Å²) in [6.07, 6.45) is 0.0635. The number of para-hydroxylation sites is 3. The van der Waals surface area contributed by atoms with Crippen LogP contribution in [0.2, 0.25) is 0 Å². The van der Waals surface area contributed by atoms with E-state index in [0.717, 1.165) is 16.8 Å². The maximum Gasteiger partial charge on any atom is 0.234 e. The number of amides is 2. The minimum Gasteiger partial charge on any atom is -0.495 e. The molecule has 3 rings (SSSR count). The minimum absolute atomic E-state index is 0.0635. The Balaban J connectivity index is 1.62. The van der Waals surface area contributed by atoms with Gasteiger partial charge in [-0.1, -0.05) is 42.1 Å². The third-order valence-electron chi connectivity index (χ3n) is 4.89. The lowest BCUT2D eigenvalue weighted by Gasteiger charge is -2.12. The quantitative estimate of drug-likeness (QED) is 0.478. The van der Waals surface area contributed by atoms with E-state index in [1.165, 1.54) is 11.8 Å². The molecule has 2 aromatic carbocycles. The molecule has 1 heterocycles. The van der Waals surface area contributed by atoms with Crippen LogP contribution in [0.1, 0.15) is 23.9 Å². The highest BCUT2D eigenvalue weighted by atomic mass is 32.2. The van der Waals surface area contributed by atoms with Crippen molar-refractivity contribution < 1.29 is 14.3 Å². The predicted molar refractivity (Wildman–Crippen MR) is 126 cm³/mol. The lowest BCUT2D eigenvalue weighted by Crippen LogP contribution is -2.18. The van der Waals surface area contributed by atoms with Crippen molar-refractivity contribution in [3.63, 3.8) is 0 Å². The minimum atomic E-state index is -0.221. The Labute approximate surface area is 191 Å². The Hall–Kier alpha value is -3.33. The van der Waals surface area contributed by atoms with E-state index in [1.54, 1.807) is 19.2 Å². The van der Waals surface area contributed by atoms with Crippen molar-refractivity contribution in [2.45, 2.75) is 38.9 Å². The number of carbonyl (C=O) groups is 2. The Bertz CT molecular complexity index is 1090. The van der Waals surface area contributed by atoms with Gasteiger partial charge in [-0.25, -0.2) is 0 Å². The monoisotopic (exact) mass is 453 g/mol. The van der Waals surface area contributed by atoms with Gasteiger partial charge >= 0.3 is 0 Å². The standard InChI is InChI=1S/C23H27N5O3S/c1-5-28-19(13-20(29)24-17-11-6-7-12-18(17)31-4)26-27-23(28)32-14-21(30)25-22-15(2)9-8-10-16(22)3/h6-12H,5,13-14H2,1-4H3,(H,24,29)(H,25,30). The normalized spacial score (nSPS) is 10.6. The van der Waals surface area contributed by atoms with E-state index >= 15 is 0 Å². The van der Waals surface area contributed by atoms with E-state index in [0.29, 0.717) is 29.0 Å². The van der Waals surface area contributed by atoms with Gasteiger partial charge in [-0.3, -0.25) is 9.59 Å². The second kappa shape index (κ2) is 10.8. The fourth-order valence-corrected chi connectivity index (χ4v) is 4.10. The van der Waals surface area contributed by atoms with Gasteiger partial charge < -0.3 is 19.9 Å². The summed E-state index contributed by atoms with van der Waals surface area (Å²) >= 11 is 1.29. The molecule has 0 aliphatic heterocycles. The number of aromatic nitrogens is 3. The smallest absolute Gasteiger partial charge is 0.234 e. The summed E-state index contributed by atoms with van der Waals surface area (Å²) in [6, 6.07) is 13.1. The zero-order chi connectivity index (χ0) is 23.1. The Morgan fingerprint density at radius 3 is 2.41 bits per heavy atom. The Morgan fingerprint density at radius 2 is 1.72 bits per heavy atom. The molecule has 0 atom stereocenters. The molecule has 0 radical (unpaired) electrons. The van der Waals surface area contributed by atoms with E-state index in [9.17, 15) is 9.59 Å². The van der Waals surface area contributed by atoms with Gasteiger partial charge in [-0.05, 0) is 44.0 Å². The maximum atomic E-state index is 12.5. The summed E-state index contributed by atoms with van der Waals surface area (Å²) in [6.45, 7) is 6.47. The number of thioether (sulfide) groups is 1. The number of nitrogens with zero attached hydrogens (tertiary/aromatic N) is 3. The highest BCUT2D eigenvalue weighted by Crippen LogP contribution is 2.24. The van der Waals surface area contributed by atoms with E-state index in [-0.39, 0.29) is 24.0 Å². The van der Waals surface area contributed by atoms with Gasteiger partial charge in [0.25, 0.3) is 0 Å². The first-order chi connectivity index (χ1) is 15.4. The molecule has 0 saturated heterocycles. The zero-order valence-corrected chi connectivity index (χ0v) is 19.5. The third-order valence-corrected chi connectivity index (χ3v) is 5.85. The molecule has 0 bridgehead atoms. The molecule has 0 unspecified atom stereocenters. The lowest BCUT2D eigenvalue weighted by molar-refractivity contribution is -0.116. The maximum absolute atomic E-state index is 12.5. The summed E-state index contributed by atoms with van der Waals surface area (Å²) in [5, 5.41) is 14.8. The first kappa shape index (κ1) is 23.3. The molecule has 3 aromatic rings. The van der Waals surface area contributed by atoms with Crippen molar-refractivity contribution in [1.82, 2.24) is 14.8 Å². The van der Waals surface area contributed by atoms with Crippen LogP contribution in [0.5, 0.6) is 5.75 Å². The van der Waals surface area contributed by atoms with Gasteiger partial charge in [0.15, 0.2) is 5.16 Å². The average molecular weight is 454 g/mol. The summed E-state index contributed by atoms with van der Waals surface area (Å²) < 4.78 is 7.11. The number of hydrogen-bond acceptors (Lipinski definition) is 6. The van der Waals surface area contributed by atoms with Crippen molar-refractivity contribution in [2.75, 3.05) is 23.5 Å². The Kier molecular flexibility index (Phi) is 7.88. The van der Waals surface area contributed by atoms with Gasteiger partial charge in [0, 0.05) is 12.2 Å². The van der Waals surface area contributed by atoms with E-state index in [2.05, 4.69) is 20.8 Å². The van der Waals surface area contributed by atoms with Crippen LogP contribution >= 0.6 is 11.8 Å². The molecule has 9 heteroatoms. The molecule has 0 aliphatic rings. The summed E-state index contributed by atoms with van der Waals surface area (Å²) in [5.74, 6) is 0.982. The molecule has 0 spiro atoms. The van der Waals surface area contributed by atoms with Crippen LogP contribution in [0.15, 0.2) is 47.6 Å². The van der Waals surface area contributed by atoms with Crippen molar-refractivity contribution in [3.05, 3.63) is 59.4 Å². The highest BCUT2D eigenvalue weighted by molar-refractivity contribution is 7.99. The zero-order valence-electron chi connectivity index (χ0n) is 18.6. The number of rotatable bonds is 9. The van der Waals surface area contributed by atoms with Crippen LogP contribution in [0.3, 0.4) is 0 Å². The fraction of sp³-hybridized carbons (Fsp3) is 0.304. The molecule has 2 amide bonds. The lowest BCUT2D eigenvalue weighted by atomic mass is 10.1. The molecule has 0 fully saturated rings. The van der Waals surface area contributed by atoms with Gasteiger partial charge in [0.1, 0.15) is 11.6 Å². The summed E-state index contributed by atoms with van der Waals surface area (Å²) in [7, 11) is 1.55. The van der Waals surface area contributed by atoms with Crippen LogP contribution in [0, 0.1) is 13.8 Å². The topological polar surface area (TPSA) is 98.1 Å². The first-order valence-corrected chi connectivity index (χ1v) is 11.2. The van der Waals surface area contributed by atoms with Crippen molar-refractivity contribution in [2.24, 2.45) is 0 Å². The number of carbonyl (C=O) groups excluding carboxylic acids is 2. The summed E-state index contributed by atoms with van der Waals surface area (Å²) in [5.41, 5.74) is 3.47. The van der Waals surface area contributed by atoms with Crippen LogP contribution in [-0.2, 0) is 22.6 Å². The first-order valence-electron chi connectivity index (χ1n) is 10.3. The van der Waals surface area contributed by atoms with Crippen molar-refractivity contribution >= 4 is 35.0 Å². The second-order valence-electron chi connectivity index (χ2n) is 7.17. The number of aryl methyl sites for hydroxylation is 2. The van der Waals surface area contributed by atoms with Gasteiger partial charge in [0.2, 0.25) is 11.8 Å². The molecule has 0 saturated carbocycles. The van der Waals surface area contributed by atoms with Crippen molar-refractivity contribution in [1.29, 1.82) is 0 Å².